The summed E-state index contributed by atoms with van der Waals surface area (Å²) >= 11 is 12.1. The summed E-state index contributed by atoms with van der Waals surface area (Å²) in [6.45, 7) is 3.73. The number of nitrogens with one attached hydrogen (secondary N) is 2. The molecule has 0 aliphatic heterocycles. The topological polar surface area (TPSA) is 79.4 Å². The van der Waals surface area contributed by atoms with E-state index in [1.807, 2.05) is 0 Å². The lowest BCUT2D eigenvalue weighted by molar-refractivity contribution is 0.0526. The van der Waals surface area contributed by atoms with Crippen LogP contribution in [0.25, 0.3) is 0 Å². The van der Waals surface area contributed by atoms with Gasteiger partial charge in [-0.2, -0.15) is 10.2 Å². The average Bonchev–Trinajstić information content (AvgIpc) is 2.83. The molecule has 6 nitrogen and oxygen atoms in total. The molecule has 0 atom stereocenters. The molecule has 0 unspecified atom stereocenters. The zero-order valence-corrected chi connectivity index (χ0v) is 13.5. The first kappa shape index (κ1) is 16.3. The third kappa shape index (κ3) is 3.58. The molecule has 0 aliphatic carbocycles. The number of aryl methyl sites for hydroxylation is 1. The van der Waals surface area contributed by atoms with Gasteiger partial charge in [0.15, 0.2) is 5.82 Å². The number of aromatic amines is 1. The molecule has 0 saturated carbocycles. The van der Waals surface area contributed by atoms with Crippen molar-refractivity contribution in [2.24, 2.45) is 5.10 Å². The summed E-state index contributed by atoms with van der Waals surface area (Å²) in [6, 6.07) is 5.15. The number of benzene rings is 1. The minimum atomic E-state index is -0.470. The van der Waals surface area contributed by atoms with Crippen molar-refractivity contribution in [3.63, 3.8) is 0 Å². The van der Waals surface area contributed by atoms with Crippen LogP contribution in [0.3, 0.4) is 0 Å². The van der Waals surface area contributed by atoms with Gasteiger partial charge in [-0.1, -0.05) is 29.3 Å². The van der Waals surface area contributed by atoms with E-state index in [0.717, 1.165) is 0 Å². The Morgan fingerprint density at radius 2 is 2.14 bits per heavy atom. The van der Waals surface area contributed by atoms with Crippen LogP contribution >= 0.6 is 23.2 Å². The standard InChI is InChI=1S/C14H14Cl2N4O2/c1-3-22-14(21)12-8(2)18-20-13(12)19-17-7-9-10(15)5-4-6-11(9)16/h4-7H,3H2,1-2H3,(H2,18,19,20)/b17-7+. The number of carbonyl (C=O) groups excluding carboxylic acids is 1. The molecule has 0 fully saturated rings. The second-order valence-electron chi connectivity index (χ2n) is 4.30. The minimum absolute atomic E-state index is 0.273. The molecule has 0 spiro atoms. The van der Waals surface area contributed by atoms with Crippen molar-refractivity contribution in [2.75, 3.05) is 12.0 Å². The fourth-order valence-electron chi connectivity index (χ4n) is 1.76. The number of esters is 1. The largest absolute Gasteiger partial charge is 0.462 e. The molecular formula is C14H14Cl2N4O2. The van der Waals surface area contributed by atoms with Crippen LogP contribution in [0, 0.1) is 6.92 Å². The first-order chi connectivity index (χ1) is 10.5. The van der Waals surface area contributed by atoms with Crippen LogP contribution in [0.15, 0.2) is 23.3 Å². The van der Waals surface area contributed by atoms with Gasteiger partial charge in [-0.3, -0.25) is 10.5 Å². The quantitative estimate of drug-likeness (QED) is 0.494. The van der Waals surface area contributed by atoms with Crippen LogP contribution in [0.4, 0.5) is 5.82 Å². The molecule has 1 aromatic heterocycles. The van der Waals surface area contributed by atoms with E-state index in [9.17, 15) is 4.79 Å². The van der Waals surface area contributed by atoms with E-state index >= 15 is 0 Å². The highest BCUT2D eigenvalue weighted by Gasteiger charge is 2.19. The van der Waals surface area contributed by atoms with Crippen LogP contribution in [-0.2, 0) is 4.74 Å². The second-order valence-corrected chi connectivity index (χ2v) is 5.11. The van der Waals surface area contributed by atoms with Gasteiger partial charge in [-0.15, -0.1) is 0 Å². The highest BCUT2D eigenvalue weighted by molar-refractivity contribution is 6.38. The van der Waals surface area contributed by atoms with Gasteiger partial charge >= 0.3 is 5.97 Å². The molecule has 8 heteroatoms. The van der Waals surface area contributed by atoms with Crippen molar-refractivity contribution in [1.82, 2.24) is 10.2 Å². The number of ether oxygens (including phenoxy) is 1. The van der Waals surface area contributed by atoms with E-state index in [1.54, 1.807) is 32.0 Å². The van der Waals surface area contributed by atoms with Gasteiger partial charge in [0.25, 0.3) is 0 Å². The van der Waals surface area contributed by atoms with Crippen LogP contribution < -0.4 is 5.43 Å². The van der Waals surface area contributed by atoms with Crippen molar-refractivity contribution in [3.8, 4) is 0 Å². The summed E-state index contributed by atoms with van der Waals surface area (Å²) in [5.74, 6) is -0.197. The lowest BCUT2D eigenvalue weighted by atomic mass is 10.2. The van der Waals surface area contributed by atoms with Crippen molar-refractivity contribution in [2.45, 2.75) is 13.8 Å². The van der Waals surface area contributed by atoms with Gasteiger partial charge in [-0.25, -0.2) is 4.79 Å². The summed E-state index contributed by atoms with van der Waals surface area (Å²) < 4.78 is 4.98. The molecule has 2 aromatic rings. The molecular weight excluding hydrogens is 327 g/mol. The van der Waals surface area contributed by atoms with Crippen LogP contribution in [0.1, 0.15) is 28.5 Å². The Labute approximate surface area is 137 Å². The Kier molecular flexibility index (Phi) is 5.41. The number of rotatable bonds is 5. The second kappa shape index (κ2) is 7.29. The van der Waals surface area contributed by atoms with Crippen LogP contribution in [0.2, 0.25) is 10.0 Å². The molecule has 1 heterocycles. The molecule has 0 bridgehead atoms. The first-order valence-electron chi connectivity index (χ1n) is 6.49. The van der Waals surface area contributed by atoms with Gasteiger partial charge in [-0.05, 0) is 26.0 Å². The predicted molar refractivity (Wildman–Crippen MR) is 87.0 cm³/mol. The Balaban J connectivity index is 2.19. The third-order valence-electron chi connectivity index (χ3n) is 2.79. The molecule has 0 saturated heterocycles. The average molecular weight is 341 g/mol. The maximum Gasteiger partial charge on any atom is 0.343 e. The van der Waals surface area contributed by atoms with E-state index in [4.69, 9.17) is 27.9 Å². The summed E-state index contributed by atoms with van der Waals surface area (Å²) in [5, 5.41) is 11.7. The minimum Gasteiger partial charge on any atom is -0.462 e. The van der Waals surface area contributed by atoms with Gasteiger partial charge in [0, 0.05) is 11.3 Å². The number of H-pyrrole nitrogens is 1. The number of halogens is 2. The van der Waals surface area contributed by atoms with E-state index in [-0.39, 0.29) is 12.4 Å². The fraction of sp³-hybridized carbons (Fsp3) is 0.214. The summed E-state index contributed by atoms with van der Waals surface area (Å²) in [4.78, 5) is 11.9. The molecule has 22 heavy (non-hydrogen) atoms. The van der Waals surface area contributed by atoms with Gasteiger partial charge in [0.2, 0.25) is 0 Å². The molecule has 0 radical (unpaired) electrons. The third-order valence-corrected chi connectivity index (χ3v) is 3.45. The van der Waals surface area contributed by atoms with Crippen LogP contribution in [-0.4, -0.2) is 29.0 Å². The van der Waals surface area contributed by atoms with Gasteiger partial charge in [0.1, 0.15) is 5.56 Å². The number of hydrazone groups is 1. The Bertz CT molecular complexity index is 693. The Hall–Kier alpha value is -2.05. The molecule has 2 rings (SSSR count). The van der Waals surface area contributed by atoms with Crippen molar-refractivity contribution in [3.05, 3.63) is 45.1 Å². The smallest absolute Gasteiger partial charge is 0.343 e. The number of carbonyl (C=O) groups is 1. The van der Waals surface area contributed by atoms with E-state index in [2.05, 4.69) is 20.7 Å². The van der Waals surface area contributed by atoms with Crippen molar-refractivity contribution in [1.29, 1.82) is 0 Å². The monoisotopic (exact) mass is 340 g/mol. The molecule has 2 N–H and O–H groups in total. The van der Waals surface area contributed by atoms with E-state index < -0.39 is 5.97 Å². The lowest BCUT2D eigenvalue weighted by Crippen LogP contribution is -2.08. The summed E-state index contributed by atoms with van der Waals surface area (Å²) in [6.07, 6.45) is 1.46. The van der Waals surface area contributed by atoms with Gasteiger partial charge in [0.05, 0.1) is 22.9 Å². The molecule has 1 aromatic carbocycles. The maximum atomic E-state index is 11.9. The maximum absolute atomic E-state index is 11.9. The molecule has 116 valence electrons. The number of hydrogen-bond acceptors (Lipinski definition) is 5. The zero-order chi connectivity index (χ0) is 16.1. The SMILES string of the molecule is CCOC(=O)c1c(N/N=C/c2c(Cl)cccc2Cl)n[nH]c1C. The predicted octanol–water partition coefficient (Wildman–Crippen LogP) is 3.65. The first-order valence-corrected chi connectivity index (χ1v) is 7.25. The van der Waals surface area contributed by atoms with E-state index in [0.29, 0.717) is 26.9 Å². The summed E-state index contributed by atoms with van der Waals surface area (Å²) in [7, 11) is 0. The highest BCUT2D eigenvalue weighted by atomic mass is 35.5. The zero-order valence-electron chi connectivity index (χ0n) is 12.0. The van der Waals surface area contributed by atoms with Crippen LogP contribution in [0.5, 0.6) is 0 Å². The summed E-state index contributed by atoms with van der Waals surface area (Å²) in [5.41, 5.74) is 4.16. The Morgan fingerprint density at radius 3 is 2.77 bits per heavy atom. The number of anilines is 1. The highest BCUT2D eigenvalue weighted by Crippen LogP contribution is 2.22. The van der Waals surface area contributed by atoms with Crippen molar-refractivity contribution < 1.29 is 9.53 Å². The van der Waals surface area contributed by atoms with Crippen molar-refractivity contribution >= 4 is 41.2 Å². The number of aromatic nitrogens is 2. The molecule has 0 aliphatic rings. The van der Waals surface area contributed by atoms with E-state index in [1.165, 1.54) is 6.21 Å². The van der Waals surface area contributed by atoms with Gasteiger partial charge < -0.3 is 4.74 Å². The normalized spacial score (nSPS) is 10.9. The molecule has 0 amide bonds. The lowest BCUT2D eigenvalue weighted by Gasteiger charge is -2.03. The fourth-order valence-corrected chi connectivity index (χ4v) is 2.25. The Morgan fingerprint density at radius 1 is 1.45 bits per heavy atom. The number of nitrogens with zero attached hydrogens (tertiary/aromatic N) is 2. The number of hydrogen-bond donors (Lipinski definition) is 2.